The average Bonchev–Trinajstić information content (AvgIpc) is 3.17. The van der Waals surface area contributed by atoms with Gasteiger partial charge in [0.25, 0.3) is 0 Å². The van der Waals surface area contributed by atoms with Crippen LogP contribution < -0.4 is 10.6 Å². The molecule has 7 nitrogen and oxygen atoms in total. The van der Waals surface area contributed by atoms with Crippen LogP contribution >= 0.6 is 24.0 Å². The number of aliphatic imine (C=N–C) groups is 1. The molecule has 1 aliphatic rings. The van der Waals surface area contributed by atoms with Gasteiger partial charge in [-0.25, -0.2) is 0 Å². The number of rotatable bonds is 8. The lowest BCUT2D eigenvalue weighted by Gasteiger charge is -2.12. The van der Waals surface area contributed by atoms with E-state index in [1.54, 1.807) is 13.2 Å². The first-order chi connectivity index (χ1) is 10.8. The molecule has 23 heavy (non-hydrogen) atoms. The molecule has 1 unspecified atom stereocenters. The summed E-state index contributed by atoms with van der Waals surface area (Å²) in [4.78, 5) is 4.21. The van der Waals surface area contributed by atoms with Crippen LogP contribution in [-0.2, 0) is 23.1 Å². The summed E-state index contributed by atoms with van der Waals surface area (Å²) in [5, 5.41) is 10.7. The number of guanidine groups is 1. The maximum atomic E-state index is 5.68. The Bertz CT molecular complexity index is 460. The van der Waals surface area contributed by atoms with Gasteiger partial charge in [0.15, 0.2) is 5.96 Å². The maximum Gasteiger partial charge on any atom is 0.191 e. The van der Waals surface area contributed by atoms with Crippen LogP contribution in [0, 0.1) is 5.92 Å². The van der Waals surface area contributed by atoms with Crippen molar-refractivity contribution in [3.63, 3.8) is 0 Å². The summed E-state index contributed by atoms with van der Waals surface area (Å²) in [6.45, 7) is 4.85. The van der Waals surface area contributed by atoms with E-state index in [1.165, 1.54) is 0 Å². The highest BCUT2D eigenvalue weighted by Crippen LogP contribution is 2.12. The summed E-state index contributed by atoms with van der Waals surface area (Å²) in [6.07, 6.45) is 3.88. The fraction of sp³-hybridized carbons (Fsp3) is 0.733. The van der Waals surface area contributed by atoms with Crippen molar-refractivity contribution in [1.29, 1.82) is 0 Å². The fourth-order valence-electron chi connectivity index (χ4n) is 2.32. The molecule has 0 amide bonds. The lowest BCUT2D eigenvalue weighted by molar-refractivity contribution is 0.0888. The second-order valence-corrected chi connectivity index (χ2v) is 5.46. The molecule has 1 aromatic rings. The van der Waals surface area contributed by atoms with Gasteiger partial charge in [0.05, 0.1) is 25.5 Å². The summed E-state index contributed by atoms with van der Waals surface area (Å²) in [5.41, 5.74) is 1.12. The number of ether oxygens (including phenoxy) is 2. The summed E-state index contributed by atoms with van der Waals surface area (Å²) in [6, 6.07) is 1.99. The molecule has 2 N–H and O–H groups in total. The van der Waals surface area contributed by atoms with E-state index in [0.717, 1.165) is 57.5 Å². The van der Waals surface area contributed by atoms with E-state index < -0.39 is 0 Å². The molecule has 0 saturated carbocycles. The molecular formula is C15H28IN5O2. The Balaban J connectivity index is 0.00000264. The molecule has 0 aromatic carbocycles. The Kier molecular flexibility index (Phi) is 10.2. The predicted octanol–water partition coefficient (Wildman–Crippen LogP) is 1.15. The maximum absolute atomic E-state index is 5.68. The molecule has 1 saturated heterocycles. The van der Waals surface area contributed by atoms with Crippen LogP contribution in [0.25, 0.3) is 0 Å². The molecule has 8 heteroatoms. The van der Waals surface area contributed by atoms with E-state index in [-0.39, 0.29) is 24.0 Å². The molecule has 1 fully saturated rings. The number of nitrogens with zero attached hydrogens (tertiary/aromatic N) is 3. The second kappa shape index (κ2) is 11.6. The first-order valence-electron chi connectivity index (χ1n) is 7.86. The van der Waals surface area contributed by atoms with Crippen LogP contribution in [0.1, 0.15) is 18.5 Å². The summed E-state index contributed by atoms with van der Waals surface area (Å²) in [5.74, 6) is 1.38. The van der Waals surface area contributed by atoms with Gasteiger partial charge in [-0.05, 0) is 18.9 Å². The van der Waals surface area contributed by atoms with Gasteiger partial charge in [-0.3, -0.25) is 9.67 Å². The molecule has 2 heterocycles. The quantitative estimate of drug-likeness (QED) is 0.276. The Morgan fingerprint density at radius 3 is 3.04 bits per heavy atom. The van der Waals surface area contributed by atoms with Crippen molar-refractivity contribution in [3.05, 3.63) is 18.0 Å². The fourth-order valence-corrected chi connectivity index (χ4v) is 2.32. The van der Waals surface area contributed by atoms with Crippen molar-refractivity contribution in [2.45, 2.75) is 19.4 Å². The molecule has 0 radical (unpaired) electrons. The van der Waals surface area contributed by atoms with E-state index in [9.17, 15) is 0 Å². The Morgan fingerprint density at radius 1 is 1.52 bits per heavy atom. The minimum atomic E-state index is 0. The van der Waals surface area contributed by atoms with Gasteiger partial charge in [0.1, 0.15) is 0 Å². The van der Waals surface area contributed by atoms with Crippen LogP contribution in [0.5, 0.6) is 0 Å². The smallest absolute Gasteiger partial charge is 0.191 e. The number of aryl methyl sites for hydroxylation is 1. The van der Waals surface area contributed by atoms with Crippen LogP contribution in [0.15, 0.2) is 17.3 Å². The highest BCUT2D eigenvalue weighted by Gasteiger charge is 2.15. The van der Waals surface area contributed by atoms with Crippen LogP contribution in [0.2, 0.25) is 0 Å². The lowest BCUT2D eigenvalue weighted by atomic mass is 10.1. The minimum Gasteiger partial charge on any atom is -0.381 e. The highest BCUT2D eigenvalue weighted by molar-refractivity contribution is 14.0. The monoisotopic (exact) mass is 437 g/mol. The molecule has 132 valence electrons. The predicted molar refractivity (Wildman–Crippen MR) is 101 cm³/mol. The zero-order chi connectivity index (χ0) is 15.6. The van der Waals surface area contributed by atoms with Crippen molar-refractivity contribution in [2.24, 2.45) is 18.0 Å². The second-order valence-electron chi connectivity index (χ2n) is 5.46. The number of halogens is 1. The molecule has 1 aromatic heterocycles. The van der Waals surface area contributed by atoms with Gasteiger partial charge >= 0.3 is 0 Å². The summed E-state index contributed by atoms with van der Waals surface area (Å²) in [7, 11) is 3.70. The number of hydrogen-bond donors (Lipinski definition) is 2. The van der Waals surface area contributed by atoms with Gasteiger partial charge in [-0.1, -0.05) is 0 Å². The molecule has 1 atom stereocenters. The summed E-state index contributed by atoms with van der Waals surface area (Å²) < 4.78 is 12.8. The van der Waals surface area contributed by atoms with E-state index in [0.29, 0.717) is 12.5 Å². The molecule has 0 aliphatic carbocycles. The first-order valence-corrected chi connectivity index (χ1v) is 7.86. The van der Waals surface area contributed by atoms with Crippen LogP contribution in [0.3, 0.4) is 0 Å². The van der Waals surface area contributed by atoms with Crippen molar-refractivity contribution in [3.8, 4) is 0 Å². The molecule has 0 bridgehead atoms. The van der Waals surface area contributed by atoms with E-state index in [2.05, 4.69) is 20.7 Å². The van der Waals surface area contributed by atoms with E-state index >= 15 is 0 Å². The third kappa shape index (κ3) is 7.49. The topological polar surface area (TPSA) is 72.7 Å². The van der Waals surface area contributed by atoms with Gasteiger partial charge in [-0.15, -0.1) is 24.0 Å². The third-order valence-corrected chi connectivity index (χ3v) is 3.72. The van der Waals surface area contributed by atoms with Crippen molar-refractivity contribution in [2.75, 3.05) is 40.0 Å². The molecular weight excluding hydrogens is 409 g/mol. The standard InChI is InChI=1S/C15H27N5O2.HI/c1-16-15(18-10-14-4-7-19-20(14)2)17-6-3-8-21-11-13-5-9-22-12-13;/h4,7,13H,3,5-6,8-12H2,1-2H3,(H2,16,17,18);1H. The van der Waals surface area contributed by atoms with Gasteiger partial charge in [-0.2, -0.15) is 5.10 Å². The Morgan fingerprint density at radius 2 is 2.39 bits per heavy atom. The number of aromatic nitrogens is 2. The zero-order valence-electron chi connectivity index (χ0n) is 14.0. The van der Waals surface area contributed by atoms with Gasteiger partial charge in [0.2, 0.25) is 0 Å². The van der Waals surface area contributed by atoms with Crippen LogP contribution in [-0.4, -0.2) is 55.8 Å². The van der Waals surface area contributed by atoms with Crippen molar-refractivity contribution >= 4 is 29.9 Å². The van der Waals surface area contributed by atoms with Crippen molar-refractivity contribution < 1.29 is 9.47 Å². The van der Waals surface area contributed by atoms with Gasteiger partial charge in [0, 0.05) is 46.0 Å². The first kappa shape index (κ1) is 20.2. The Labute approximate surface area is 155 Å². The molecule has 1 aliphatic heterocycles. The summed E-state index contributed by atoms with van der Waals surface area (Å²) >= 11 is 0. The van der Waals surface area contributed by atoms with E-state index in [1.807, 2.05) is 17.8 Å². The largest absolute Gasteiger partial charge is 0.381 e. The SMILES string of the molecule is CN=C(NCCCOCC1CCOC1)NCc1ccnn1C.I. The molecule has 0 spiro atoms. The minimum absolute atomic E-state index is 0. The number of nitrogens with one attached hydrogen (secondary N) is 2. The average molecular weight is 437 g/mol. The molecule has 2 rings (SSSR count). The lowest BCUT2D eigenvalue weighted by Crippen LogP contribution is -2.38. The van der Waals surface area contributed by atoms with Crippen LogP contribution in [0.4, 0.5) is 0 Å². The highest BCUT2D eigenvalue weighted by atomic mass is 127. The van der Waals surface area contributed by atoms with E-state index in [4.69, 9.17) is 9.47 Å². The normalized spacial score (nSPS) is 17.8. The number of hydrogen-bond acceptors (Lipinski definition) is 4. The van der Waals surface area contributed by atoms with Crippen molar-refractivity contribution in [1.82, 2.24) is 20.4 Å². The third-order valence-electron chi connectivity index (χ3n) is 3.72. The van der Waals surface area contributed by atoms with Gasteiger partial charge < -0.3 is 20.1 Å². The zero-order valence-corrected chi connectivity index (χ0v) is 16.3. The Hall–Kier alpha value is -0.870.